The summed E-state index contributed by atoms with van der Waals surface area (Å²) in [5.41, 5.74) is 3.27. The lowest BCUT2D eigenvalue weighted by Gasteiger charge is -2.18. The molecule has 29 heavy (non-hydrogen) atoms. The van der Waals surface area contributed by atoms with E-state index in [4.69, 9.17) is 16.1 Å². The summed E-state index contributed by atoms with van der Waals surface area (Å²) in [5, 5.41) is 4.81. The zero-order valence-corrected chi connectivity index (χ0v) is 17.6. The highest BCUT2D eigenvalue weighted by Crippen LogP contribution is 2.30. The maximum atomic E-state index is 12.5. The van der Waals surface area contributed by atoms with Crippen molar-refractivity contribution < 1.29 is 9.32 Å². The second-order valence-corrected chi connectivity index (χ2v) is 9.03. The minimum atomic E-state index is -0.0863. The fraction of sp³-hybridized carbons (Fsp3) is 0.348. The van der Waals surface area contributed by atoms with Crippen LogP contribution < -0.4 is 0 Å². The monoisotopic (exact) mass is 409 g/mol. The van der Waals surface area contributed by atoms with Crippen LogP contribution in [0, 0.1) is 0 Å². The maximum Gasteiger partial charge on any atom is 0.232 e. The van der Waals surface area contributed by atoms with Crippen LogP contribution in [0.3, 0.4) is 0 Å². The highest BCUT2D eigenvalue weighted by atomic mass is 35.5. The van der Waals surface area contributed by atoms with E-state index in [1.165, 1.54) is 5.56 Å². The smallest absolute Gasteiger partial charge is 0.232 e. The lowest BCUT2D eigenvalue weighted by Crippen LogP contribution is -2.24. The molecule has 1 aliphatic rings. The molecule has 150 valence electrons. The average Bonchev–Trinajstić information content (AvgIpc) is 3.29. The van der Waals surface area contributed by atoms with Gasteiger partial charge >= 0.3 is 0 Å². The topological polar surface area (TPSA) is 59.2 Å². The first-order valence-electron chi connectivity index (χ1n) is 9.76. The third kappa shape index (κ3) is 4.35. The van der Waals surface area contributed by atoms with Crippen molar-refractivity contribution in [3.63, 3.8) is 0 Å². The van der Waals surface area contributed by atoms with Gasteiger partial charge in [0.1, 0.15) is 0 Å². The van der Waals surface area contributed by atoms with Gasteiger partial charge < -0.3 is 9.42 Å². The molecular formula is C23H24ClN3O2. The Morgan fingerprint density at radius 2 is 1.93 bits per heavy atom. The normalized spacial score (nSPS) is 17.2. The predicted molar refractivity (Wildman–Crippen MR) is 113 cm³/mol. The van der Waals surface area contributed by atoms with Crippen molar-refractivity contribution in [3.8, 4) is 11.4 Å². The van der Waals surface area contributed by atoms with Gasteiger partial charge in [0.05, 0.1) is 5.92 Å². The molecule has 1 unspecified atom stereocenters. The molecule has 1 aliphatic heterocycles. The molecule has 1 fully saturated rings. The molecule has 5 nitrogen and oxygen atoms in total. The van der Waals surface area contributed by atoms with E-state index in [0.29, 0.717) is 36.2 Å². The van der Waals surface area contributed by atoms with Gasteiger partial charge in [-0.2, -0.15) is 4.98 Å². The quantitative estimate of drug-likeness (QED) is 0.594. The van der Waals surface area contributed by atoms with Crippen molar-refractivity contribution in [2.45, 2.75) is 45.1 Å². The van der Waals surface area contributed by atoms with Crippen molar-refractivity contribution in [1.29, 1.82) is 0 Å². The Morgan fingerprint density at radius 3 is 2.62 bits per heavy atom. The van der Waals surface area contributed by atoms with Crippen molar-refractivity contribution >= 4 is 17.5 Å². The Balaban J connectivity index is 1.46. The Labute approximate surface area is 175 Å². The van der Waals surface area contributed by atoms with Gasteiger partial charge in [0, 0.05) is 30.1 Å². The zero-order valence-electron chi connectivity index (χ0n) is 16.9. The third-order valence-electron chi connectivity index (χ3n) is 5.28. The summed E-state index contributed by atoms with van der Waals surface area (Å²) >= 11 is 6.05. The van der Waals surface area contributed by atoms with E-state index in [1.807, 2.05) is 41.3 Å². The molecular weight excluding hydrogens is 386 g/mol. The first kappa shape index (κ1) is 19.6. The summed E-state index contributed by atoms with van der Waals surface area (Å²) < 4.78 is 5.51. The van der Waals surface area contributed by atoms with Crippen LogP contribution >= 0.6 is 11.6 Å². The van der Waals surface area contributed by atoms with Crippen molar-refractivity contribution in [1.82, 2.24) is 15.0 Å². The van der Waals surface area contributed by atoms with E-state index >= 15 is 0 Å². The molecule has 0 N–H and O–H groups in total. The summed E-state index contributed by atoms with van der Waals surface area (Å²) in [4.78, 5) is 18.8. The number of amides is 1. The molecule has 1 amide bonds. The summed E-state index contributed by atoms with van der Waals surface area (Å²) in [5.74, 6) is 1.07. The van der Waals surface area contributed by atoms with Crippen LogP contribution in [-0.4, -0.2) is 27.5 Å². The summed E-state index contributed by atoms with van der Waals surface area (Å²) in [6, 6.07) is 15.8. The van der Waals surface area contributed by atoms with Crippen LogP contribution in [0.15, 0.2) is 53.1 Å². The lowest BCUT2D eigenvalue weighted by molar-refractivity contribution is -0.128. The molecule has 6 heteroatoms. The SMILES string of the molecule is CC(C)(C)c1ccc(-c2noc(C3CC(=O)N(Cc4cccc(Cl)c4)C3)n2)cc1. The van der Waals surface area contributed by atoms with Gasteiger partial charge in [-0.25, -0.2) is 0 Å². The largest absolute Gasteiger partial charge is 0.339 e. The van der Waals surface area contributed by atoms with E-state index in [1.54, 1.807) is 0 Å². The molecule has 0 saturated carbocycles. The Kier molecular flexibility index (Phi) is 5.17. The van der Waals surface area contributed by atoms with Crippen LogP contribution in [0.2, 0.25) is 5.02 Å². The van der Waals surface area contributed by atoms with E-state index in [9.17, 15) is 4.79 Å². The van der Waals surface area contributed by atoms with Gasteiger partial charge in [0.15, 0.2) is 0 Å². The first-order valence-corrected chi connectivity index (χ1v) is 10.1. The van der Waals surface area contributed by atoms with Crippen LogP contribution in [0.5, 0.6) is 0 Å². The molecule has 1 saturated heterocycles. The molecule has 0 aliphatic carbocycles. The fourth-order valence-electron chi connectivity index (χ4n) is 3.58. The number of aromatic nitrogens is 2. The highest BCUT2D eigenvalue weighted by Gasteiger charge is 2.34. The van der Waals surface area contributed by atoms with Crippen LogP contribution in [0.1, 0.15) is 50.1 Å². The molecule has 0 bridgehead atoms. The van der Waals surface area contributed by atoms with E-state index in [0.717, 1.165) is 11.1 Å². The standard InChI is InChI=1S/C23H24ClN3O2/c1-23(2,3)18-9-7-16(8-10-18)21-25-22(29-26-21)17-12-20(28)27(14-17)13-15-5-4-6-19(24)11-15/h4-11,17H,12-14H2,1-3H3. The van der Waals surface area contributed by atoms with Gasteiger partial charge in [0.25, 0.3) is 0 Å². The summed E-state index contributed by atoms with van der Waals surface area (Å²) in [7, 11) is 0. The molecule has 4 rings (SSSR count). The van der Waals surface area contributed by atoms with E-state index in [-0.39, 0.29) is 17.2 Å². The number of likely N-dealkylation sites (tertiary alicyclic amines) is 1. The van der Waals surface area contributed by atoms with E-state index < -0.39 is 0 Å². The molecule has 1 aromatic heterocycles. The zero-order chi connectivity index (χ0) is 20.6. The molecule has 0 spiro atoms. The lowest BCUT2D eigenvalue weighted by atomic mass is 9.87. The Bertz CT molecular complexity index is 1020. The Morgan fingerprint density at radius 1 is 1.17 bits per heavy atom. The van der Waals surface area contributed by atoms with Crippen molar-refractivity contribution in [2.75, 3.05) is 6.54 Å². The molecule has 2 aromatic carbocycles. The third-order valence-corrected chi connectivity index (χ3v) is 5.51. The minimum absolute atomic E-state index is 0.0863. The van der Waals surface area contributed by atoms with Crippen molar-refractivity contribution in [3.05, 3.63) is 70.6 Å². The second kappa shape index (κ2) is 7.64. The number of benzene rings is 2. The number of rotatable bonds is 4. The van der Waals surface area contributed by atoms with Crippen molar-refractivity contribution in [2.24, 2.45) is 0 Å². The Hall–Kier alpha value is -2.66. The second-order valence-electron chi connectivity index (χ2n) is 8.59. The van der Waals surface area contributed by atoms with Gasteiger partial charge in [-0.3, -0.25) is 4.79 Å². The average molecular weight is 410 g/mol. The predicted octanol–water partition coefficient (Wildman–Crippen LogP) is 5.20. The number of hydrogen-bond acceptors (Lipinski definition) is 4. The minimum Gasteiger partial charge on any atom is -0.339 e. The van der Waals surface area contributed by atoms with Crippen LogP contribution in [0.25, 0.3) is 11.4 Å². The number of halogens is 1. The number of nitrogens with zero attached hydrogens (tertiary/aromatic N) is 3. The summed E-state index contributed by atoms with van der Waals surface area (Å²) in [6.07, 6.45) is 0.380. The number of carbonyl (C=O) groups excluding carboxylic acids is 1. The molecule has 3 aromatic rings. The van der Waals surface area contributed by atoms with Crippen LogP contribution in [-0.2, 0) is 16.8 Å². The summed E-state index contributed by atoms with van der Waals surface area (Å²) in [6.45, 7) is 7.64. The molecule has 1 atom stereocenters. The first-order chi connectivity index (χ1) is 13.8. The van der Waals surface area contributed by atoms with Gasteiger partial charge in [-0.1, -0.05) is 73.9 Å². The fourth-order valence-corrected chi connectivity index (χ4v) is 3.80. The van der Waals surface area contributed by atoms with Gasteiger partial charge in [0.2, 0.25) is 17.6 Å². The number of carbonyl (C=O) groups is 1. The molecule has 2 heterocycles. The molecule has 0 radical (unpaired) electrons. The highest BCUT2D eigenvalue weighted by molar-refractivity contribution is 6.30. The number of hydrogen-bond donors (Lipinski definition) is 0. The van der Waals surface area contributed by atoms with Gasteiger partial charge in [-0.05, 0) is 28.7 Å². The van der Waals surface area contributed by atoms with Gasteiger partial charge in [-0.15, -0.1) is 0 Å². The van der Waals surface area contributed by atoms with Crippen LogP contribution in [0.4, 0.5) is 0 Å². The maximum absolute atomic E-state index is 12.5. The van der Waals surface area contributed by atoms with E-state index in [2.05, 4.69) is 43.0 Å².